The van der Waals surface area contributed by atoms with Crippen molar-refractivity contribution in [1.29, 1.82) is 0 Å². The molecule has 0 amide bonds. The molecule has 24 heavy (non-hydrogen) atoms. The lowest BCUT2D eigenvalue weighted by molar-refractivity contribution is 0.333. The van der Waals surface area contributed by atoms with Crippen LogP contribution in [0.25, 0.3) is 10.2 Å². The summed E-state index contributed by atoms with van der Waals surface area (Å²) in [7, 11) is 0. The zero-order valence-corrected chi connectivity index (χ0v) is 15.1. The molecule has 0 spiro atoms. The molecule has 1 aromatic carbocycles. The van der Waals surface area contributed by atoms with Gasteiger partial charge >= 0.3 is 0 Å². The maximum absolute atomic E-state index is 6.08. The molecule has 0 atom stereocenters. The average Bonchev–Trinajstić information content (AvgIpc) is 3.01. The number of fused-ring (bicyclic) bond motifs is 1. The molecule has 0 aliphatic rings. The van der Waals surface area contributed by atoms with Crippen LogP contribution in [0.5, 0.6) is 5.75 Å². The number of halogens is 1. The van der Waals surface area contributed by atoms with Crippen molar-refractivity contribution in [3.8, 4) is 5.75 Å². The third kappa shape index (κ3) is 4.07. The lowest BCUT2D eigenvalue weighted by Gasteiger charge is -2.12. The summed E-state index contributed by atoms with van der Waals surface area (Å²) in [6.45, 7) is 5.24. The predicted octanol–water partition coefficient (Wildman–Crippen LogP) is 4.66. The van der Waals surface area contributed by atoms with Gasteiger partial charge in [-0.25, -0.2) is 4.98 Å². The SMILES string of the molecule is CC(C)Nc1nc(NCCOc2ccccc2Cl)c2sccc2n1. The van der Waals surface area contributed by atoms with Crippen molar-refractivity contribution in [2.24, 2.45) is 0 Å². The Morgan fingerprint density at radius 2 is 2.04 bits per heavy atom. The van der Waals surface area contributed by atoms with Crippen LogP contribution in [0.2, 0.25) is 5.02 Å². The lowest BCUT2D eigenvalue weighted by Crippen LogP contribution is -2.16. The molecule has 0 aliphatic heterocycles. The van der Waals surface area contributed by atoms with Gasteiger partial charge < -0.3 is 15.4 Å². The van der Waals surface area contributed by atoms with Gasteiger partial charge in [-0.15, -0.1) is 11.3 Å². The van der Waals surface area contributed by atoms with Crippen LogP contribution in [-0.4, -0.2) is 29.2 Å². The second kappa shape index (κ2) is 7.68. The molecule has 0 saturated carbocycles. The summed E-state index contributed by atoms with van der Waals surface area (Å²) < 4.78 is 6.74. The van der Waals surface area contributed by atoms with Gasteiger partial charge in [-0.1, -0.05) is 23.7 Å². The highest BCUT2D eigenvalue weighted by atomic mass is 35.5. The minimum absolute atomic E-state index is 0.275. The van der Waals surface area contributed by atoms with E-state index in [-0.39, 0.29) is 6.04 Å². The quantitative estimate of drug-likeness (QED) is 0.599. The third-order valence-electron chi connectivity index (χ3n) is 3.21. The summed E-state index contributed by atoms with van der Waals surface area (Å²) in [6.07, 6.45) is 0. The number of benzene rings is 1. The molecule has 2 N–H and O–H groups in total. The van der Waals surface area contributed by atoms with Gasteiger partial charge in [-0.3, -0.25) is 0 Å². The summed E-state index contributed by atoms with van der Waals surface area (Å²) in [5.41, 5.74) is 0.938. The molecule has 0 saturated heterocycles. The maximum Gasteiger partial charge on any atom is 0.225 e. The fourth-order valence-electron chi connectivity index (χ4n) is 2.20. The molecule has 7 heteroatoms. The topological polar surface area (TPSA) is 59.1 Å². The highest BCUT2D eigenvalue weighted by Gasteiger charge is 2.09. The van der Waals surface area contributed by atoms with Crippen LogP contribution >= 0.6 is 22.9 Å². The van der Waals surface area contributed by atoms with Gasteiger partial charge in [0.05, 0.1) is 21.8 Å². The fourth-order valence-corrected chi connectivity index (χ4v) is 3.19. The van der Waals surface area contributed by atoms with E-state index in [2.05, 4.69) is 34.4 Å². The first-order chi connectivity index (χ1) is 11.6. The van der Waals surface area contributed by atoms with Gasteiger partial charge in [0.15, 0.2) is 0 Å². The molecule has 3 rings (SSSR count). The van der Waals surface area contributed by atoms with Crippen LogP contribution in [0.1, 0.15) is 13.8 Å². The summed E-state index contributed by atoms with van der Waals surface area (Å²) in [6, 6.07) is 9.72. The number of nitrogens with zero attached hydrogens (tertiary/aromatic N) is 2. The van der Waals surface area contributed by atoms with E-state index in [0.717, 1.165) is 16.0 Å². The number of rotatable bonds is 7. The van der Waals surface area contributed by atoms with E-state index in [4.69, 9.17) is 16.3 Å². The molecule has 2 heterocycles. The largest absolute Gasteiger partial charge is 0.490 e. The number of aromatic nitrogens is 2. The number of anilines is 2. The van der Waals surface area contributed by atoms with Crippen molar-refractivity contribution in [2.45, 2.75) is 19.9 Å². The van der Waals surface area contributed by atoms with Crippen molar-refractivity contribution >= 4 is 44.9 Å². The van der Waals surface area contributed by atoms with Crippen LogP contribution in [0.15, 0.2) is 35.7 Å². The second-order valence-electron chi connectivity index (χ2n) is 5.54. The molecule has 126 valence electrons. The molecular formula is C17H19ClN4OS. The zero-order chi connectivity index (χ0) is 16.9. The van der Waals surface area contributed by atoms with Gasteiger partial charge in [-0.05, 0) is 37.4 Å². The van der Waals surface area contributed by atoms with Crippen molar-refractivity contribution in [1.82, 2.24) is 9.97 Å². The Balaban J connectivity index is 1.66. The normalized spacial score (nSPS) is 11.0. The lowest BCUT2D eigenvalue weighted by atomic mass is 10.3. The summed E-state index contributed by atoms with van der Waals surface area (Å²) in [5, 5.41) is 9.21. The van der Waals surface area contributed by atoms with Gasteiger partial charge in [0.1, 0.15) is 18.2 Å². The Labute approximate surface area is 150 Å². The number of hydrogen-bond donors (Lipinski definition) is 2. The van der Waals surface area contributed by atoms with Crippen molar-refractivity contribution in [3.63, 3.8) is 0 Å². The standard InChI is InChI=1S/C17H19ClN4OS/c1-11(2)20-17-21-13-7-10-24-15(13)16(22-17)19-8-9-23-14-6-4-3-5-12(14)18/h3-7,10-11H,8-9H2,1-2H3,(H2,19,20,21,22). The summed E-state index contributed by atoms with van der Waals surface area (Å²) in [4.78, 5) is 9.09. The Kier molecular flexibility index (Phi) is 5.37. The molecule has 0 bridgehead atoms. The molecule has 0 aliphatic carbocycles. The molecule has 5 nitrogen and oxygen atoms in total. The van der Waals surface area contributed by atoms with E-state index >= 15 is 0 Å². The monoisotopic (exact) mass is 362 g/mol. The summed E-state index contributed by atoms with van der Waals surface area (Å²) >= 11 is 7.70. The van der Waals surface area contributed by atoms with Gasteiger partial charge in [0.25, 0.3) is 0 Å². The van der Waals surface area contributed by atoms with Gasteiger partial charge in [0.2, 0.25) is 5.95 Å². The average molecular weight is 363 g/mol. The number of hydrogen-bond acceptors (Lipinski definition) is 6. The van der Waals surface area contributed by atoms with E-state index in [1.165, 1.54) is 0 Å². The highest BCUT2D eigenvalue weighted by molar-refractivity contribution is 7.17. The van der Waals surface area contributed by atoms with Crippen LogP contribution in [-0.2, 0) is 0 Å². The van der Waals surface area contributed by atoms with Crippen LogP contribution in [0, 0.1) is 0 Å². The molecule has 0 unspecified atom stereocenters. The first kappa shape index (κ1) is 16.8. The smallest absolute Gasteiger partial charge is 0.225 e. The number of para-hydroxylation sites is 1. The molecule has 2 aromatic heterocycles. The van der Waals surface area contributed by atoms with Crippen LogP contribution < -0.4 is 15.4 Å². The Bertz CT molecular complexity index is 821. The van der Waals surface area contributed by atoms with E-state index < -0.39 is 0 Å². The van der Waals surface area contributed by atoms with E-state index in [1.54, 1.807) is 11.3 Å². The molecular weight excluding hydrogens is 344 g/mol. The Hall–Kier alpha value is -2.05. The highest BCUT2D eigenvalue weighted by Crippen LogP contribution is 2.27. The first-order valence-corrected chi connectivity index (χ1v) is 9.02. The minimum atomic E-state index is 0.275. The Morgan fingerprint density at radius 3 is 2.83 bits per heavy atom. The zero-order valence-electron chi connectivity index (χ0n) is 13.5. The van der Waals surface area contributed by atoms with Crippen LogP contribution in [0.4, 0.5) is 11.8 Å². The first-order valence-electron chi connectivity index (χ1n) is 7.76. The van der Waals surface area contributed by atoms with Gasteiger partial charge in [0, 0.05) is 6.04 Å². The van der Waals surface area contributed by atoms with Gasteiger partial charge in [-0.2, -0.15) is 4.98 Å². The predicted molar refractivity (Wildman–Crippen MR) is 102 cm³/mol. The van der Waals surface area contributed by atoms with E-state index in [1.807, 2.05) is 35.7 Å². The molecule has 0 radical (unpaired) electrons. The van der Waals surface area contributed by atoms with E-state index in [9.17, 15) is 0 Å². The Morgan fingerprint density at radius 1 is 1.21 bits per heavy atom. The van der Waals surface area contributed by atoms with Crippen LogP contribution in [0.3, 0.4) is 0 Å². The maximum atomic E-state index is 6.08. The second-order valence-corrected chi connectivity index (χ2v) is 6.86. The van der Waals surface area contributed by atoms with Crippen molar-refractivity contribution in [2.75, 3.05) is 23.8 Å². The third-order valence-corrected chi connectivity index (χ3v) is 4.43. The van der Waals surface area contributed by atoms with E-state index in [0.29, 0.717) is 29.9 Å². The number of thiophene rings is 1. The number of nitrogens with one attached hydrogen (secondary N) is 2. The molecule has 3 aromatic rings. The van der Waals surface area contributed by atoms with Crippen molar-refractivity contribution in [3.05, 3.63) is 40.7 Å². The summed E-state index contributed by atoms with van der Waals surface area (Å²) in [5.74, 6) is 2.14. The molecule has 0 fully saturated rings. The van der Waals surface area contributed by atoms with Crippen molar-refractivity contribution < 1.29 is 4.74 Å². The minimum Gasteiger partial charge on any atom is -0.490 e. The number of ether oxygens (including phenoxy) is 1. The fraction of sp³-hybridized carbons (Fsp3) is 0.294.